The summed E-state index contributed by atoms with van der Waals surface area (Å²) < 4.78 is 6.37. The van der Waals surface area contributed by atoms with Crippen LogP contribution in [0.1, 0.15) is 44.5 Å². The van der Waals surface area contributed by atoms with Crippen LogP contribution in [0.15, 0.2) is 273 Å². The quantitative estimate of drug-likeness (QED) is 0.175. The van der Waals surface area contributed by atoms with Crippen molar-refractivity contribution in [3.63, 3.8) is 0 Å². The lowest BCUT2D eigenvalue weighted by molar-refractivity contribution is 0.669. The minimum Gasteiger partial charge on any atom is -0.456 e. The molecule has 3 heterocycles. The van der Waals surface area contributed by atoms with E-state index in [1.807, 2.05) is 29.6 Å². The topological polar surface area (TPSA) is 16.4 Å². The van der Waals surface area contributed by atoms with Gasteiger partial charge in [-0.15, -0.1) is 0 Å². The third-order valence-corrected chi connectivity index (χ3v) is 18.3. The Balaban J connectivity index is 0.928. The predicted octanol–water partition coefficient (Wildman–Crippen LogP) is 18.4. The molecule has 2 aliphatic carbocycles. The number of benzene rings is 11. The number of hydrogen-bond donors (Lipinski definition) is 0. The van der Waals surface area contributed by atoms with Gasteiger partial charge in [0.05, 0.1) is 10.8 Å². The van der Waals surface area contributed by atoms with Crippen molar-refractivity contribution in [2.75, 3.05) is 4.90 Å². The molecular formula is C68H41NOS2. The Morgan fingerprint density at radius 3 is 1.19 bits per heavy atom. The second-order valence-electron chi connectivity index (χ2n) is 19.4. The lowest BCUT2D eigenvalue weighted by Gasteiger charge is -2.40. The molecule has 0 amide bonds. The Bertz CT molecular complexity index is 3970. The zero-order valence-corrected chi connectivity index (χ0v) is 40.5. The van der Waals surface area contributed by atoms with Crippen LogP contribution >= 0.6 is 23.5 Å². The molecule has 16 rings (SSSR count). The Morgan fingerprint density at radius 1 is 0.292 bits per heavy atom. The maximum Gasteiger partial charge on any atom is 0.136 e. The van der Waals surface area contributed by atoms with Crippen LogP contribution in [0, 0.1) is 0 Å². The third kappa shape index (κ3) is 5.33. The molecule has 0 N–H and O–H groups in total. The lowest BCUT2D eigenvalue weighted by Crippen LogP contribution is -2.32. The van der Waals surface area contributed by atoms with E-state index >= 15 is 0 Å². The molecule has 0 saturated carbocycles. The van der Waals surface area contributed by atoms with E-state index in [1.165, 1.54) is 86.3 Å². The molecular weight excluding hydrogens is 911 g/mol. The number of rotatable bonds is 4. The van der Waals surface area contributed by atoms with Crippen LogP contribution in [0.3, 0.4) is 0 Å². The summed E-state index contributed by atoms with van der Waals surface area (Å²) >= 11 is 3.77. The summed E-state index contributed by atoms with van der Waals surface area (Å²) in [6.07, 6.45) is 0. The second-order valence-corrected chi connectivity index (χ2v) is 21.6. The molecule has 1 aromatic heterocycles. The SMILES string of the molecule is c1ccc2c(c1)Sc1ccccc1C21c2ccccc2-c2cc(N(c3ccc(-c4cccc5oc6ccccc6c45)cc3)c3ccc4c(c3)-c3ccccc3C43c4ccccc4Sc4ccccc43)ccc21. The van der Waals surface area contributed by atoms with Crippen LogP contribution in [0.5, 0.6) is 0 Å². The number of nitrogens with zero attached hydrogens (tertiary/aromatic N) is 1. The summed E-state index contributed by atoms with van der Waals surface area (Å²) in [5.41, 5.74) is 22.2. The molecule has 0 fully saturated rings. The van der Waals surface area contributed by atoms with Gasteiger partial charge in [0, 0.05) is 47.4 Å². The largest absolute Gasteiger partial charge is 0.456 e. The molecule has 336 valence electrons. The van der Waals surface area contributed by atoms with Crippen LogP contribution < -0.4 is 4.90 Å². The summed E-state index contributed by atoms with van der Waals surface area (Å²) in [5, 5.41) is 2.27. The molecule has 2 spiro atoms. The van der Waals surface area contributed by atoms with Gasteiger partial charge in [-0.2, -0.15) is 0 Å². The van der Waals surface area contributed by atoms with Crippen LogP contribution in [0.4, 0.5) is 17.1 Å². The predicted molar refractivity (Wildman–Crippen MR) is 297 cm³/mol. The van der Waals surface area contributed by atoms with E-state index < -0.39 is 10.8 Å². The van der Waals surface area contributed by atoms with Gasteiger partial charge in [0.1, 0.15) is 11.2 Å². The molecule has 12 aromatic rings. The van der Waals surface area contributed by atoms with Crippen molar-refractivity contribution < 1.29 is 4.42 Å². The molecule has 0 atom stereocenters. The van der Waals surface area contributed by atoms with E-state index in [0.29, 0.717) is 0 Å². The van der Waals surface area contributed by atoms with Gasteiger partial charge in [-0.1, -0.05) is 199 Å². The van der Waals surface area contributed by atoms with Gasteiger partial charge in [-0.25, -0.2) is 0 Å². The van der Waals surface area contributed by atoms with Crippen LogP contribution in [-0.2, 0) is 10.8 Å². The Hall–Kier alpha value is -8.28. The summed E-state index contributed by atoms with van der Waals surface area (Å²) in [4.78, 5) is 7.71. The van der Waals surface area contributed by atoms with E-state index in [9.17, 15) is 0 Å². The molecule has 4 aliphatic rings. The van der Waals surface area contributed by atoms with E-state index in [-0.39, 0.29) is 0 Å². The molecule has 0 bridgehead atoms. The van der Waals surface area contributed by atoms with Gasteiger partial charge < -0.3 is 9.32 Å². The van der Waals surface area contributed by atoms with Gasteiger partial charge in [-0.05, 0) is 151 Å². The molecule has 2 nitrogen and oxygen atoms in total. The number of furan rings is 1. The number of para-hydroxylation sites is 1. The highest BCUT2D eigenvalue weighted by atomic mass is 32.2. The molecule has 4 heteroatoms. The van der Waals surface area contributed by atoms with Gasteiger partial charge >= 0.3 is 0 Å². The zero-order valence-electron chi connectivity index (χ0n) is 38.8. The first-order valence-corrected chi connectivity index (χ1v) is 26.4. The van der Waals surface area contributed by atoms with E-state index in [1.54, 1.807) is 0 Å². The lowest BCUT2D eigenvalue weighted by atomic mass is 9.67. The fourth-order valence-electron chi connectivity index (χ4n) is 13.2. The Labute approximate surface area is 426 Å². The van der Waals surface area contributed by atoms with E-state index in [0.717, 1.165) is 50.1 Å². The molecule has 2 aliphatic heterocycles. The minimum atomic E-state index is -0.454. The monoisotopic (exact) mass is 951 g/mol. The molecule has 72 heavy (non-hydrogen) atoms. The maximum atomic E-state index is 6.37. The van der Waals surface area contributed by atoms with Gasteiger partial charge in [-0.3, -0.25) is 0 Å². The number of fused-ring (bicyclic) bond motifs is 21. The van der Waals surface area contributed by atoms with Gasteiger partial charge in [0.15, 0.2) is 0 Å². The minimum absolute atomic E-state index is 0.454. The molecule has 11 aromatic carbocycles. The van der Waals surface area contributed by atoms with Crippen LogP contribution in [0.25, 0.3) is 55.3 Å². The molecule has 0 unspecified atom stereocenters. The molecule has 0 radical (unpaired) electrons. The van der Waals surface area contributed by atoms with Gasteiger partial charge in [0.25, 0.3) is 0 Å². The van der Waals surface area contributed by atoms with E-state index in [2.05, 4.69) is 248 Å². The van der Waals surface area contributed by atoms with Gasteiger partial charge in [0.2, 0.25) is 0 Å². The highest BCUT2D eigenvalue weighted by Crippen LogP contribution is 2.65. The number of anilines is 3. The fourth-order valence-corrected chi connectivity index (χ4v) is 15.6. The van der Waals surface area contributed by atoms with Crippen LogP contribution in [-0.4, -0.2) is 0 Å². The molecule has 0 saturated heterocycles. The van der Waals surface area contributed by atoms with Crippen molar-refractivity contribution in [3.8, 4) is 33.4 Å². The van der Waals surface area contributed by atoms with Crippen molar-refractivity contribution in [3.05, 3.63) is 293 Å². The van der Waals surface area contributed by atoms with E-state index in [4.69, 9.17) is 4.42 Å². The summed E-state index contributed by atoms with van der Waals surface area (Å²) in [6.45, 7) is 0. The fraction of sp³-hybridized carbons (Fsp3) is 0.0294. The van der Waals surface area contributed by atoms with Crippen molar-refractivity contribution in [2.45, 2.75) is 30.4 Å². The summed E-state index contributed by atoms with van der Waals surface area (Å²) in [6, 6.07) is 93.0. The smallest absolute Gasteiger partial charge is 0.136 e. The first-order valence-electron chi connectivity index (χ1n) is 24.7. The first-order chi connectivity index (χ1) is 35.7. The normalized spacial score (nSPS) is 14.5. The first kappa shape index (κ1) is 40.4. The highest BCUT2D eigenvalue weighted by Gasteiger charge is 2.52. The standard InChI is InChI=1S/C68H41NOS2/c1-4-20-52-47(16-1)50-40-44(36-38-54(50)67(52)56-22-6-11-28-62(56)71-63-29-12-7-23-57(63)67)69(43-34-32-42(33-35-43)46-19-15-27-61-66(46)49-18-3-10-26-60(49)70-61)45-37-39-55-51(41-45)48-17-2-5-21-53(48)68(55)58-24-8-13-30-64(58)72-65-31-14-9-25-59(65)68/h1-41H. The van der Waals surface area contributed by atoms with Crippen molar-refractivity contribution in [1.82, 2.24) is 0 Å². The highest BCUT2D eigenvalue weighted by molar-refractivity contribution is 7.99. The zero-order chi connectivity index (χ0) is 47.1. The summed E-state index contributed by atoms with van der Waals surface area (Å²) in [7, 11) is 0. The average molecular weight is 952 g/mol. The Kier molecular flexibility index (Phi) is 8.49. The third-order valence-electron chi connectivity index (χ3n) is 16.0. The average Bonchev–Trinajstić information content (AvgIpc) is 4.07. The number of hydrogen-bond acceptors (Lipinski definition) is 4. The van der Waals surface area contributed by atoms with Crippen molar-refractivity contribution in [1.29, 1.82) is 0 Å². The van der Waals surface area contributed by atoms with Crippen molar-refractivity contribution in [2.24, 2.45) is 0 Å². The van der Waals surface area contributed by atoms with Crippen molar-refractivity contribution >= 4 is 62.5 Å². The Morgan fingerprint density at radius 2 is 0.681 bits per heavy atom. The summed E-state index contributed by atoms with van der Waals surface area (Å²) in [5.74, 6) is 0. The maximum absolute atomic E-state index is 6.37. The second kappa shape index (κ2) is 15.1. The van der Waals surface area contributed by atoms with Crippen LogP contribution in [0.2, 0.25) is 0 Å².